The molecule has 0 atom stereocenters. The van der Waals surface area contributed by atoms with Crippen molar-refractivity contribution in [2.75, 3.05) is 21.3 Å². The maximum Gasteiger partial charge on any atom is 0.205 e. The van der Waals surface area contributed by atoms with Crippen LogP contribution in [0.3, 0.4) is 0 Å². The van der Waals surface area contributed by atoms with Gasteiger partial charge in [0.1, 0.15) is 6.54 Å². The van der Waals surface area contributed by atoms with E-state index < -0.39 is 0 Å². The van der Waals surface area contributed by atoms with Crippen LogP contribution in [0.5, 0.6) is 17.2 Å². The van der Waals surface area contributed by atoms with Gasteiger partial charge in [0.25, 0.3) is 0 Å². The van der Waals surface area contributed by atoms with Crippen molar-refractivity contribution in [2.45, 2.75) is 39.2 Å². The summed E-state index contributed by atoms with van der Waals surface area (Å²) >= 11 is 0. The van der Waals surface area contributed by atoms with Gasteiger partial charge >= 0.3 is 0 Å². The van der Waals surface area contributed by atoms with E-state index in [1.165, 1.54) is 31.4 Å². The van der Waals surface area contributed by atoms with Gasteiger partial charge in [-0.25, -0.2) is 0 Å². The Morgan fingerprint density at radius 1 is 0.846 bits per heavy atom. The SMILES string of the molecule is CCCCCC[n+]1ccccc1C=Cc1ccc(OC)c(OC)c1OC. The van der Waals surface area contributed by atoms with E-state index >= 15 is 0 Å². The summed E-state index contributed by atoms with van der Waals surface area (Å²) in [5, 5.41) is 0. The fraction of sp³-hybridized carbons (Fsp3) is 0.409. The number of aromatic nitrogens is 1. The van der Waals surface area contributed by atoms with Crippen LogP contribution in [0, 0.1) is 0 Å². The van der Waals surface area contributed by atoms with E-state index in [4.69, 9.17) is 14.2 Å². The summed E-state index contributed by atoms with van der Waals surface area (Å²) in [7, 11) is 4.89. The summed E-state index contributed by atoms with van der Waals surface area (Å²) < 4.78 is 18.7. The molecule has 0 aliphatic rings. The van der Waals surface area contributed by atoms with Crippen LogP contribution < -0.4 is 18.8 Å². The van der Waals surface area contributed by atoms with Gasteiger partial charge in [0.15, 0.2) is 17.7 Å². The molecule has 0 fully saturated rings. The first-order chi connectivity index (χ1) is 12.7. The van der Waals surface area contributed by atoms with Gasteiger partial charge in [0, 0.05) is 30.2 Å². The molecule has 0 radical (unpaired) electrons. The number of rotatable bonds is 10. The molecule has 140 valence electrons. The molecule has 0 aliphatic carbocycles. The second-order valence-electron chi connectivity index (χ2n) is 6.14. The van der Waals surface area contributed by atoms with Crippen LogP contribution in [0.15, 0.2) is 36.5 Å². The van der Waals surface area contributed by atoms with E-state index in [-0.39, 0.29) is 0 Å². The molecular formula is C22H30NO3+. The van der Waals surface area contributed by atoms with E-state index in [0.717, 1.165) is 12.1 Å². The zero-order valence-electron chi connectivity index (χ0n) is 16.3. The van der Waals surface area contributed by atoms with Crippen LogP contribution in [0.1, 0.15) is 43.9 Å². The molecule has 0 saturated heterocycles. The van der Waals surface area contributed by atoms with Gasteiger partial charge < -0.3 is 14.2 Å². The second-order valence-corrected chi connectivity index (χ2v) is 6.14. The molecule has 4 heteroatoms. The van der Waals surface area contributed by atoms with E-state index in [2.05, 4.69) is 48.0 Å². The zero-order valence-corrected chi connectivity index (χ0v) is 16.3. The average molecular weight is 356 g/mol. The molecule has 2 rings (SSSR count). The van der Waals surface area contributed by atoms with E-state index in [0.29, 0.717) is 17.2 Å². The van der Waals surface area contributed by atoms with E-state index in [1.807, 2.05) is 12.1 Å². The molecule has 26 heavy (non-hydrogen) atoms. The fourth-order valence-corrected chi connectivity index (χ4v) is 2.98. The number of pyridine rings is 1. The minimum atomic E-state index is 0.609. The van der Waals surface area contributed by atoms with Gasteiger partial charge in [0.2, 0.25) is 11.4 Å². The van der Waals surface area contributed by atoms with Gasteiger partial charge in [-0.1, -0.05) is 19.8 Å². The molecule has 0 bridgehead atoms. The lowest BCUT2D eigenvalue weighted by atomic mass is 10.1. The maximum atomic E-state index is 5.56. The predicted molar refractivity (Wildman–Crippen MR) is 106 cm³/mol. The number of aryl methyl sites for hydroxylation is 1. The molecule has 0 aliphatic heterocycles. The molecule has 2 aromatic rings. The lowest BCUT2D eigenvalue weighted by Crippen LogP contribution is -2.36. The quantitative estimate of drug-likeness (QED) is 0.455. The van der Waals surface area contributed by atoms with Gasteiger partial charge in [-0.15, -0.1) is 0 Å². The lowest BCUT2D eigenvalue weighted by Gasteiger charge is -2.13. The van der Waals surface area contributed by atoms with Gasteiger partial charge in [-0.2, -0.15) is 4.57 Å². The highest BCUT2D eigenvalue weighted by atomic mass is 16.5. The van der Waals surface area contributed by atoms with Gasteiger partial charge in [-0.05, 0) is 30.7 Å². The van der Waals surface area contributed by atoms with Crippen LogP contribution in [-0.4, -0.2) is 21.3 Å². The average Bonchev–Trinajstić information content (AvgIpc) is 2.69. The Hall–Kier alpha value is -2.49. The minimum Gasteiger partial charge on any atom is -0.493 e. The number of methoxy groups -OCH3 is 3. The van der Waals surface area contributed by atoms with Crippen LogP contribution in [0.25, 0.3) is 12.2 Å². The molecule has 4 nitrogen and oxygen atoms in total. The maximum absolute atomic E-state index is 5.56. The monoisotopic (exact) mass is 356 g/mol. The summed E-state index contributed by atoms with van der Waals surface area (Å²) in [6.45, 7) is 3.27. The second kappa shape index (κ2) is 10.5. The van der Waals surface area contributed by atoms with Crippen LogP contribution in [0.2, 0.25) is 0 Å². The highest BCUT2D eigenvalue weighted by Crippen LogP contribution is 2.40. The Morgan fingerprint density at radius 2 is 1.65 bits per heavy atom. The molecule has 1 aromatic carbocycles. The van der Waals surface area contributed by atoms with E-state index in [9.17, 15) is 0 Å². The van der Waals surface area contributed by atoms with Crippen molar-refractivity contribution in [3.05, 3.63) is 47.8 Å². The first kappa shape index (κ1) is 19.8. The lowest BCUT2D eigenvalue weighted by molar-refractivity contribution is -0.699. The summed E-state index contributed by atoms with van der Waals surface area (Å²) in [6, 6.07) is 10.1. The normalized spacial score (nSPS) is 10.9. The summed E-state index contributed by atoms with van der Waals surface area (Å²) in [4.78, 5) is 0. The predicted octanol–water partition coefficient (Wildman–Crippen LogP) is 4.75. The number of hydrogen-bond acceptors (Lipinski definition) is 3. The highest BCUT2D eigenvalue weighted by Gasteiger charge is 2.14. The Morgan fingerprint density at radius 3 is 2.35 bits per heavy atom. The fourth-order valence-electron chi connectivity index (χ4n) is 2.98. The first-order valence-electron chi connectivity index (χ1n) is 9.20. The van der Waals surface area contributed by atoms with Gasteiger partial charge in [-0.3, -0.25) is 0 Å². The number of unbranched alkanes of at least 4 members (excludes halogenated alkanes) is 3. The largest absolute Gasteiger partial charge is 0.493 e. The number of nitrogens with zero attached hydrogens (tertiary/aromatic N) is 1. The van der Waals surface area contributed by atoms with Crippen molar-refractivity contribution in [3.63, 3.8) is 0 Å². The van der Waals surface area contributed by atoms with Crippen molar-refractivity contribution < 1.29 is 18.8 Å². The molecule has 0 amide bonds. The smallest absolute Gasteiger partial charge is 0.205 e. The first-order valence-corrected chi connectivity index (χ1v) is 9.20. The topological polar surface area (TPSA) is 31.6 Å². The van der Waals surface area contributed by atoms with Crippen molar-refractivity contribution in [3.8, 4) is 17.2 Å². The Kier molecular flexibility index (Phi) is 8.00. The summed E-state index contributed by atoms with van der Waals surface area (Å²) in [5.41, 5.74) is 2.12. The highest BCUT2D eigenvalue weighted by molar-refractivity contribution is 5.74. The Bertz CT molecular complexity index is 725. The van der Waals surface area contributed by atoms with Crippen molar-refractivity contribution in [2.24, 2.45) is 0 Å². The molecular weight excluding hydrogens is 326 g/mol. The molecule has 0 spiro atoms. The summed E-state index contributed by atoms with van der Waals surface area (Å²) in [5.74, 6) is 1.94. The van der Waals surface area contributed by atoms with Crippen LogP contribution in [0.4, 0.5) is 0 Å². The van der Waals surface area contributed by atoms with Crippen LogP contribution >= 0.6 is 0 Å². The molecule has 1 heterocycles. The standard InChI is InChI=1S/C22H30NO3/c1-5-6-7-9-16-23-17-10-8-11-19(23)14-12-18-13-15-20(24-2)22(26-4)21(18)25-3/h8,10-15,17H,5-7,9,16H2,1-4H3/q+1. The van der Waals surface area contributed by atoms with E-state index in [1.54, 1.807) is 21.3 Å². The Labute approximate surface area is 157 Å². The van der Waals surface area contributed by atoms with Crippen molar-refractivity contribution >= 4 is 12.2 Å². The number of benzene rings is 1. The molecule has 1 aromatic heterocycles. The molecule has 0 unspecified atom stereocenters. The summed E-state index contributed by atoms with van der Waals surface area (Å²) in [6.07, 6.45) is 11.3. The number of ether oxygens (including phenoxy) is 3. The third-order valence-electron chi connectivity index (χ3n) is 4.40. The third kappa shape index (κ3) is 5.01. The minimum absolute atomic E-state index is 0.609. The van der Waals surface area contributed by atoms with Gasteiger partial charge in [0.05, 0.1) is 21.3 Å². The number of hydrogen-bond donors (Lipinski definition) is 0. The molecule has 0 N–H and O–H groups in total. The van der Waals surface area contributed by atoms with Crippen LogP contribution in [-0.2, 0) is 6.54 Å². The molecule has 0 saturated carbocycles. The Balaban J connectivity index is 2.25. The van der Waals surface area contributed by atoms with Crippen molar-refractivity contribution in [1.29, 1.82) is 0 Å². The third-order valence-corrected chi connectivity index (χ3v) is 4.40. The zero-order chi connectivity index (χ0) is 18.8. The van der Waals surface area contributed by atoms with Crippen molar-refractivity contribution in [1.82, 2.24) is 0 Å².